The topological polar surface area (TPSA) is 75.3 Å². The number of carbonyl (C=O) groups excluding carboxylic acids is 1. The molecule has 31 heavy (non-hydrogen) atoms. The van der Waals surface area contributed by atoms with Crippen LogP contribution in [0.25, 0.3) is 21.5 Å². The third-order valence-corrected chi connectivity index (χ3v) is 6.80. The third kappa shape index (κ3) is 4.76. The Balaban J connectivity index is 1.37. The minimum absolute atomic E-state index is 0.0310. The number of rotatable bonds is 7. The van der Waals surface area contributed by atoms with Crippen molar-refractivity contribution in [3.8, 4) is 0 Å². The van der Waals surface area contributed by atoms with Gasteiger partial charge in [0.05, 0.1) is 10.9 Å². The van der Waals surface area contributed by atoms with E-state index >= 15 is 0 Å². The molecule has 0 heterocycles. The summed E-state index contributed by atoms with van der Waals surface area (Å²) in [5.74, 6) is -0.207. The normalized spacial score (nSPS) is 12.7. The van der Waals surface area contributed by atoms with Gasteiger partial charge in [0.1, 0.15) is 0 Å². The van der Waals surface area contributed by atoms with Crippen LogP contribution in [-0.2, 0) is 14.8 Å². The Labute approximate surface area is 182 Å². The summed E-state index contributed by atoms with van der Waals surface area (Å²) in [5, 5.41) is 7.00. The molecule has 1 atom stereocenters. The molecule has 0 spiro atoms. The molecule has 6 heteroatoms. The second-order valence-electron chi connectivity index (χ2n) is 7.51. The molecule has 4 rings (SSSR count). The van der Waals surface area contributed by atoms with Gasteiger partial charge in [-0.2, -0.15) is 0 Å². The molecule has 0 aliphatic heterocycles. The van der Waals surface area contributed by atoms with Crippen molar-refractivity contribution in [3.63, 3.8) is 0 Å². The van der Waals surface area contributed by atoms with Gasteiger partial charge < -0.3 is 5.32 Å². The lowest BCUT2D eigenvalue weighted by molar-refractivity contribution is -0.121. The summed E-state index contributed by atoms with van der Waals surface area (Å²) < 4.78 is 27.7. The monoisotopic (exact) mass is 432 g/mol. The number of carbonyl (C=O) groups is 1. The molecule has 1 unspecified atom stereocenters. The van der Waals surface area contributed by atoms with E-state index in [0.717, 1.165) is 27.1 Å². The smallest absolute Gasteiger partial charge is 0.240 e. The second-order valence-corrected chi connectivity index (χ2v) is 9.28. The first-order valence-electron chi connectivity index (χ1n) is 10.2. The molecule has 0 fully saturated rings. The zero-order chi connectivity index (χ0) is 21.8. The zero-order valence-electron chi connectivity index (χ0n) is 17.2. The Hall–Kier alpha value is -3.22. The SMILES string of the molecule is CC(NC(=O)CCNS(=O)(=O)c1ccc2ccccc2c1)c1cccc2ccccc12. The molecule has 0 aliphatic carbocycles. The van der Waals surface area contributed by atoms with Crippen LogP contribution in [-0.4, -0.2) is 20.9 Å². The van der Waals surface area contributed by atoms with Crippen molar-refractivity contribution >= 4 is 37.5 Å². The lowest BCUT2D eigenvalue weighted by atomic mass is 9.99. The standard InChI is InChI=1S/C25H24N2O3S/c1-18(23-12-6-10-20-8-4-5-11-24(20)23)27-25(28)15-16-26-31(29,30)22-14-13-19-7-2-3-9-21(19)17-22/h2-14,17-18,26H,15-16H2,1H3,(H,27,28). The van der Waals surface area contributed by atoms with E-state index in [1.165, 1.54) is 0 Å². The van der Waals surface area contributed by atoms with Crippen molar-refractivity contribution in [1.82, 2.24) is 10.0 Å². The van der Waals surface area contributed by atoms with Gasteiger partial charge in [0.15, 0.2) is 0 Å². The predicted molar refractivity (Wildman–Crippen MR) is 124 cm³/mol. The molecule has 0 aliphatic rings. The number of nitrogens with one attached hydrogen (secondary N) is 2. The van der Waals surface area contributed by atoms with Gasteiger partial charge in [-0.15, -0.1) is 0 Å². The van der Waals surface area contributed by atoms with E-state index < -0.39 is 10.0 Å². The average molecular weight is 433 g/mol. The lowest BCUT2D eigenvalue weighted by Gasteiger charge is -2.17. The van der Waals surface area contributed by atoms with Crippen molar-refractivity contribution in [2.24, 2.45) is 0 Å². The Morgan fingerprint density at radius 1 is 0.839 bits per heavy atom. The van der Waals surface area contributed by atoms with E-state index in [1.54, 1.807) is 18.2 Å². The van der Waals surface area contributed by atoms with E-state index in [9.17, 15) is 13.2 Å². The largest absolute Gasteiger partial charge is 0.350 e. The van der Waals surface area contributed by atoms with E-state index in [-0.39, 0.29) is 29.8 Å². The summed E-state index contributed by atoms with van der Waals surface area (Å²) >= 11 is 0. The van der Waals surface area contributed by atoms with Crippen LogP contribution in [0.1, 0.15) is 24.9 Å². The van der Waals surface area contributed by atoms with Crippen molar-refractivity contribution < 1.29 is 13.2 Å². The summed E-state index contributed by atoms with van der Waals surface area (Å²) in [4.78, 5) is 12.6. The van der Waals surface area contributed by atoms with Crippen molar-refractivity contribution in [3.05, 3.63) is 90.5 Å². The minimum Gasteiger partial charge on any atom is -0.350 e. The van der Waals surface area contributed by atoms with Crippen molar-refractivity contribution in [2.75, 3.05) is 6.54 Å². The number of fused-ring (bicyclic) bond motifs is 2. The first-order valence-corrected chi connectivity index (χ1v) is 11.7. The van der Waals surface area contributed by atoms with Gasteiger partial charge in [0, 0.05) is 13.0 Å². The molecular weight excluding hydrogens is 408 g/mol. The van der Waals surface area contributed by atoms with Crippen LogP contribution in [0.2, 0.25) is 0 Å². The quantitative estimate of drug-likeness (QED) is 0.450. The first kappa shape index (κ1) is 21.0. The first-order chi connectivity index (χ1) is 14.9. The van der Waals surface area contributed by atoms with Gasteiger partial charge in [-0.1, -0.05) is 72.8 Å². The highest BCUT2D eigenvalue weighted by atomic mass is 32.2. The predicted octanol–water partition coefficient (Wildman–Crippen LogP) is 4.54. The lowest BCUT2D eigenvalue weighted by Crippen LogP contribution is -2.32. The van der Waals surface area contributed by atoms with E-state index in [1.807, 2.05) is 73.7 Å². The van der Waals surface area contributed by atoms with E-state index in [4.69, 9.17) is 0 Å². The van der Waals surface area contributed by atoms with Gasteiger partial charge in [-0.05, 0) is 46.2 Å². The molecule has 0 aromatic heterocycles. The van der Waals surface area contributed by atoms with Crippen molar-refractivity contribution in [2.45, 2.75) is 24.3 Å². The molecule has 4 aromatic rings. The Bertz CT molecular complexity index is 1340. The summed E-state index contributed by atoms with van der Waals surface area (Å²) in [5.41, 5.74) is 1.03. The third-order valence-electron chi connectivity index (χ3n) is 5.34. The van der Waals surface area contributed by atoms with Crippen LogP contribution in [0.3, 0.4) is 0 Å². The average Bonchev–Trinajstić information content (AvgIpc) is 2.78. The summed E-state index contributed by atoms with van der Waals surface area (Å²) in [6, 6.07) is 26.4. The number of sulfonamides is 1. The van der Waals surface area contributed by atoms with Crippen LogP contribution < -0.4 is 10.0 Å². The van der Waals surface area contributed by atoms with Gasteiger partial charge in [-0.25, -0.2) is 13.1 Å². The highest BCUT2D eigenvalue weighted by molar-refractivity contribution is 7.89. The highest BCUT2D eigenvalue weighted by Crippen LogP contribution is 2.24. The highest BCUT2D eigenvalue weighted by Gasteiger charge is 2.16. The Morgan fingerprint density at radius 3 is 2.32 bits per heavy atom. The molecule has 5 nitrogen and oxygen atoms in total. The molecule has 0 saturated carbocycles. The maximum Gasteiger partial charge on any atom is 0.240 e. The Morgan fingerprint density at radius 2 is 1.52 bits per heavy atom. The van der Waals surface area contributed by atoms with Gasteiger partial charge in [0.2, 0.25) is 15.9 Å². The molecule has 4 aromatic carbocycles. The van der Waals surface area contributed by atoms with Crippen molar-refractivity contribution in [1.29, 1.82) is 0 Å². The molecule has 0 saturated heterocycles. The van der Waals surface area contributed by atoms with Crippen LogP contribution in [0, 0.1) is 0 Å². The van der Waals surface area contributed by atoms with E-state index in [2.05, 4.69) is 10.0 Å². The number of amides is 1. The number of benzene rings is 4. The number of hydrogen-bond donors (Lipinski definition) is 2. The van der Waals surface area contributed by atoms with Gasteiger partial charge >= 0.3 is 0 Å². The van der Waals surface area contributed by atoms with Gasteiger partial charge in [-0.3, -0.25) is 4.79 Å². The fraction of sp³-hybridized carbons (Fsp3) is 0.160. The molecule has 2 N–H and O–H groups in total. The van der Waals surface area contributed by atoms with Gasteiger partial charge in [0.25, 0.3) is 0 Å². The van der Waals surface area contributed by atoms with Crippen LogP contribution in [0.15, 0.2) is 89.8 Å². The van der Waals surface area contributed by atoms with Crippen LogP contribution in [0.5, 0.6) is 0 Å². The second kappa shape index (κ2) is 8.88. The fourth-order valence-corrected chi connectivity index (χ4v) is 4.80. The summed E-state index contributed by atoms with van der Waals surface area (Å²) in [6.07, 6.45) is 0.0575. The van der Waals surface area contributed by atoms with E-state index in [0.29, 0.717) is 0 Å². The maximum absolute atomic E-state index is 12.6. The molecule has 0 radical (unpaired) electrons. The fourth-order valence-electron chi connectivity index (χ4n) is 3.74. The molecule has 158 valence electrons. The van der Waals surface area contributed by atoms with Crippen LogP contribution >= 0.6 is 0 Å². The minimum atomic E-state index is -3.69. The maximum atomic E-state index is 12.6. The molecular formula is C25H24N2O3S. The zero-order valence-corrected chi connectivity index (χ0v) is 18.0. The Kier molecular flexibility index (Phi) is 6.02. The summed E-state index contributed by atoms with van der Waals surface area (Å²) in [6.45, 7) is 1.96. The molecule has 1 amide bonds. The number of hydrogen-bond acceptors (Lipinski definition) is 3. The molecule has 0 bridgehead atoms. The summed E-state index contributed by atoms with van der Waals surface area (Å²) in [7, 11) is -3.69. The van der Waals surface area contributed by atoms with Crippen LogP contribution in [0.4, 0.5) is 0 Å².